The van der Waals surface area contributed by atoms with Crippen molar-refractivity contribution in [3.05, 3.63) is 107 Å². The zero-order chi connectivity index (χ0) is 22.1. The average Bonchev–Trinajstić information content (AvgIpc) is 3.17. The normalized spacial score (nSPS) is 10.9. The lowest BCUT2D eigenvalue weighted by atomic mass is 10.1. The van der Waals surface area contributed by atoms with Crippen molar-refractivity contribution in [1.29, 1.82) is 0 Å². The molecule has 0 aliphatic rings. The number of para-hydroxylation sites is 2. The van der Waals surface area contributed by atoms with Crippen LogP contribution in [0, 0.1) is 0 Å². The lowest BCUT2D eigenvalue weighted by molar-refractivity contribution is 0.100. The van der Waals surface area contributed by atoms with E-state index >= 15 is 0 Å². The highest BCUT2D eigenvalue weighted by molar-refractivity contribution is 7.21. The van der Waals surface area contributed by atoms with Crippen LogP contribution in [0.3, 0.4) is 0 Å². The molecule has 0 saturated heterocycles. The molecule has 0 saturated carbocycles. The number of nitrogens with zero attached hydrogens (tertiary/aromatic N) is 2. The summed E-state index contributed by atoms with van der Waals surface area (Å²) in [6, 6.07) is 30.5. The molecule has 156 valence electrons. The molecule has 2 N–H and O–H groups in total. The van der Waals surface area contributed by atoms with Crippen LogP contribution in [0.5, 0.6) is 0 Å². The SMILES string of the molecule is Nc1c(C(=O)N(c2ccccc2)c2ccccc2)sc2nc(-c3ccc(Cl)cc3)ccc12. The molecule has 0 aliphatic heterocycles. The van der Waals surface area contributed by atoms with Gasteiger partial charge in [0.05, 0.1) is 11.4 Å². The lowest BCUT2D eigenvalue weighted by Crippen LogP contribution is -2.25. The molecule has 0 atom stereocenters. The number of nitrogens with two attached hydrogens (primary N) is 1. The summed E-state index contributed by atoms with van der Waals surface area (Å²) >= 11 is 7.32. The molecule has 3 aromatic carbocycles. The Morgan fingerprint density at radius 1 is 0.812 bits per heavy atom. The number of hydrogen-bond donors (Lipinski definition) is 1. The molecule has 1 amide bonds. The van der Waals surface area contributed by atoms with E-state index in [1.165, 1.54) is 11.3 Å². The number of benzene rings is 3. The molecule has 5 rings (SSSR count). The van der Waals surface area contributed by atoms with Gasteiger partial charge in [0.1, 0.15) is 9.71 Å². The first-order chi connectivity index (χ1) is 15.6. The summed E-state index contributed by atoms with van der Waals surface area (Å²) in [6.45, 7) is 0. The molecule has 4 nitrogen and oxygen atoms in total. The maximum absolute atomic E-state index is 13.7. The van der Waals surface area contributed by atoms with Crippen molar-refractivity contribution in [2.45, 2.75) is 0 Å². The van der Waals surface area contributed by atoms with Gasteiger partial charge in [-0.15, -0.1) is 11.3 Å². The minimum atomic E-state index is -0.184. The van der Waals surface area contributed by atoms with Crippen molar-refractivity contribution in [3.8, 4) is 11.3 Å². The molecule has 0 fully saturated rings. The van der Waals surface area contributed by atoms with E-state index in [4.69, 9.17) is 22.3 Å². The number of carbonyl (C=O) groups excluding carboxylic acids is 1. The first-order valence-corrected chi connectivity index (χ1v) is 11.2. The van der Waals surface area contributed by atoms with Gasteiger partial charge in [0, 0.05) is 27.3 Å². The van der Waals surface area contributed by atoms with E-state index in [9.17, 15) is 4.79 Å². The number of thiophene rings is 1. The van der Waals surface area contributed by atoms with E-state index in [0.717, 1.165) is 32.8 Å². The minimum absolute atomic E-state index is 0.184. The minimum Gasteiger partial charge on any atom is -0.397 e. The van der Waals surface area contributed by atoms with Crippen LogP contribution in [0.4, 0.5) is 17.1 Å². The molecular formula is C26H18ClN3OS. The number of anilines is 3. The third kappa shape index (κ3) is 3.73. The van der Waals surface area contributed by atoms with Crippen molar-refractivity contribution >= 4 is 56.1 Å². The fraction of sp³-hybridized carbons (Fsp3) is 0. The zero-order valence-corrected chi connectivity index (χ0v) is 18.5. The molecule has 0 spiro atoms. The second kappa shape index (κ2) is 8.46. The second-order valence-electron chi connectivity index (χ2n) is 7.21. The summed E-state index contributed by atoms with van der Waals surface area (Å²) in [5.41, 5.74) is 10.2. The van der Waals surface area contributed by atoms with Crippen molar-refractivity contribution in [3.63, 3.8) is 0 Å². The van der Waals surface area contributed by atoms with Crippen LogP contribution in [0.15, 0.2) is 97.1 Å². The van der Waals surface area contributed by atoms with E-state index in [0.29, 0.717) is 15.6 Å². The molecular weight excluding hydrogens is 438 g/mol. The average molecular weight is 456 g/mol. The quantitative estimate of drug-likeness (QED) is 0.312. The van der Waals surface area contributed by atoms with Crippen LogP contribution in [-0.2, 0) is 0 Å². The Balaban J connectivity index is 1.60. The first-order valence-electron chi connectivity index (χ1n) is 10.0. The van der Waals surface area contributed by atoms with Gasteiger partial charge in [-0.05, 0) is 48.5 Å². The molecule has 0 bridgehead atoms. The highest BCUT2D eigenvalue weighted by atomic mass is 35.5. The Morgan fingerprint density at radius 3 is 2.00 bits per heavy atom. The maximum Gasteiger partial charge on any atom is 0.275 e. The smallest absolute Gasteiger partial charge is 0.275 e. The molecule has 6 heteroatoms. The van der Waals surface area contributed by atoms with Crippen LogP contribution < -0.4 is 10.6 Å². The third-order valence-electron chi connectivity index (χ3n) is 5.16. The Hall–Kier alpha value is -3.67. The molecule has 2 heterocycles. The Labute approximate surface area is 194 Å². The van der Waals surface area contributed by atoms with Gasteiger partial charge in [0.2, 0.25) is 0 Å². The number of aromatic nitrogens is 1. The van der Waals surface area contributed by atoms with Crippen molar-refractivity contribution in [2.24, 2.45) is 0 Å². The van der Waals surface area contributed by atoms with Crippen LogP contribution in [0.25, 0.3) is 21.5 Å². The summed E-state index contributed by atoms with van der Waals surface area (Å²) in [5, 5.41) is 1.45. The van der Waals surface area contributed by atoms with Gasteiger partial charge < -0.3 is 5.73 Å². The summed E-state index contributed by atoms with van der Waals surface area (Å²) in [4.78, 5) is 21.4. The highest BCUT2D eigenvalue weighted by Crippen LogP contribution is 2.37. The lowest BCUT2D eigenvalue weighted by Gasteiger charge is -2.22. The van der Waals surface area contributed by atoms with E-state index in [1.807, 2.05) is 97.1 Å². The van der Waals surface area contributed by atoms with Crippen molar-refractivity contribution < 1.29 is 4.79 Å². The molecule has 0 aliphatic carbocycles. The number of fused-ring (bicyclic) bond motifs is 1. The fourth-order valence-corrected chi connectivity index (χ4v) is 4.73. The number of nitrogen functional groups attached to an aromatic ring is 1. The summed E-state index contributed by atoms with van der Waals surface area (Å²) in [6.07, 6.45) is 0. The van der Waals surface area contributed by atoms with E-state index in [1.54, 1.807) is 4.90 Å². The van der Waals surface area contributed by atoms with E-state index in [-0.39, 0.29) is 5.91 Å². The summed E-state index contributed by atoms with van der Waals surface area (Å²) < 4.78 is 0. The first kappa shape index (κ1) is 20.2. The predicted molar refractivity (Wildman–Crippen MR) is 134 cm³/mol. The maximum atomic E-state index is 13.7. The Kier molecular flexibility index (Phi) is 5.35. The number of amides is 1. The predicted octanol–water partition coefficient (Wildman–Crippen LogP) is 7.18. The van der Waals surface area contributed by atoms with Gasteiger partial charge >= 0.3 is 0 Å². The zero-order valence-electron chi connectivity index (χ0n) is 16.9. The van der Waals surface area contributed by atoms with Gasteiger partial charge in [-0.3, -0.25) is 9.69 Å². The van der Waals surface area contributed by atoms with E-state index in [2.05, 4.69) is 0 Å². The van der Waals surface area contributed by atoms with Crippen LogP contribution in [0.1, 0.15) is 9.67 Å². The highest BCUT2D eigenvalue weighted by Gasteiger charge is 2.25. The molecule has 5 aromatic rings. The number of carbonyl (C=O) groups is 1. The second-order valence-corrected chi connectivity index (χ2v) is 8.65. The number of pyridine rings is 1. The van der Waals surface area contributed by atoms with Crippen LogP contribution in [0.2, 0.25) is 5.02 Å². The molecule has 2 aromatic heterocycles. The molecule has 0 unspecified atom stereocenters. The van der Waals surface area contributed by atoms with Gasteiger partial charge in [-0.2, -0.15) is 0 Å². The van der Waals surface area contributed by atoms with Gasteiger partial charge in [-0.25, -0.2) is 4.98 Å². The summed E-state index contributed by atoms with van der Waals surface area (Å²) in [7, 11) is 0. The topological polar surface area (TPSA) is 59.2 Å². The van der Waals surface area contributed by atoms with Gasteiger partial charge in [-0.1, -0.05) is 60.1 Å². The van der Waals surface area contributed by atoms with Crippen LogP contribution in [-0.4, -0.2) is 10.9 Å². The van der Waals surface area contributed by atoms with Crippen molar-refractivity contribution in [1.82, 2.24) is 4.98 Å². The Morgan fingerprint density at radius 2 is 1.41 bits per heavy atom. The molecule has 32 heavy (non-hydrogen) atoms. The third-order valence-corrected chi connectivity index (χ3v) is 6.52. The van der Waals surface area contributed by atoms with Gasteiger partial charge in [0.15, 0.2) is 0 Å². The monoisotopic (exact) mass is 455 g/mol. The Bertz CT molecular complexity index is 1360. The number of rotatable bonds is 4. The number of hydrogen-bond acceptors (Lipinski definition) is 4. The largest absolute Gasteiger partial charge is 0.397 e. The van der Waals surface area contributed by atoms with E-state index < -0.39 is 0 Å². The number of halogens is 1. The van der Waals surface area contributed by atoms with Crippen LogP contribution >= 0.6 is 22.9 Å². The fourth-order valence-electron chi connectivity index (χ4n) is 3.58. The summed E-state index contributed by atoms with van der Waals surface area (Å²) in [5.74, 6) is -0.184. The standard InChI is InChI=1S/C26H18ClN3OS/c27-18-13-11-17(12-14-18)22-16-15-21-23(28)24(32-25(21)29-22)26(31)30(19-7-3-1-4-8-19)20-9-5-2-6-10-20/h1-16H,28H2. The molecule has 0 radical (unpaired) electrons. The van der Waals surface area contributed by atoms with Gasteiger partial charge in [0.25, 0.3) is 5.91 Å². The van der Waals surface area contributed by atoms with Crippen molar-refractivity contribution in [2.75, 3.05) is 10.6 Å².